The molecule has 0 aliphatic carbocycles. The van der Waals surface area contributed by atoms with E-state index in [2.05, 4.69) is 20.7 Å². The van der Waals surface area contributed by atoms with Gasteiger partial charge in [-0.05, 0) is 54.4 Å². The van der Waals surface area contributed by atoms with Gasteiger partial charge in [-0.3, -0.25) is 4.68 Å². The molecule has 2 amide bonds. The third-order valence-corrected chi connectivity index (χ3v) is 4.82. The summed E-state index contributed by atoms with van der Waals surface area (Å²) in [4.78, 5) is 16.7. The predicted octanol–water partition coefficient (Wildman–Crippen LogP) is 5.75. The third kappa shape index (κ3) is 4.25. The van der Waals surface area contributed by atoms with E-state index in [1.165, 1.54) is 0 Å². The molecular weight excluding hydrogens is 426 g/mol. The van der Waals surface area contributed by atoms with Crippen LogP contribution in [0.5, 0.6) is 0 Å². The fourth-order valence-electron chi connectivity index (χ4n) is 3.33. The molecule has 0 radical (unpaired) electrons. The highest BCUT2D eigenvalue weighted by atomic mass is 19.4. The van der Waals surface area contributed by atoms with E-state index in [9.17, 15) is 22.4 Å². The number of halogens is 4. The van der Waals surface area contributed by atoms with Crippen LogP contribution in [0.2, 0.25) is 0 Å². The van der Waals surface area contributed by atoms with Gasteiger partial charge >= 0.3 is 12.2 Å². The van der Waals surface area contributed by atoms with Crippen molar-refractivity contribution in [3.8, 4) is 11.1 Å². The lowest BCUT2D eigenvalue weighted by molar-refractivity contribution is -0.139. The Hall–Kier alpha value is -3.95. The topological polar surface area (TPSA) is 71.8 Å². The molecule has 10 heteroatoms. The maximum absolute atomic E-state index is 13.4. The zero-order valence-electron chi connectivity index (χ0n) is 17.0. The quantitative estimate of drug-likeness (QED) is 0.397. The summed E-state index contributed by atoms with van der Waals surface area (Å²) in [5.74, 6) is -1.41. The van der Waals surface area contributed by atoms with Crippen LogP contribution in [0, 0.1) is 12.7 Å². The number of aromatic nitrogens is 3. The second-order valence-corrected chi connectivity index (χ2v) is 7.17. The Morgan fingerprint density at radius 3 is 2.34 bits per heavy atom. The normalized spacial score (nSPS) is 11.6. The summed E-state index contributed by atoms with van der Waals surface area (Å²) in [5.41, 5.74) is 2.19. The van der Waals surface area contributed by atoms with Crippen LogP contribution in [0.1, 0.15) is 11.3 Å². The number of carbonyl (C=O) groups excluding carboxylic acids is 1. The zero-order valence-corrected chi connectivity index (χ0v) is 17.0. The molecule has 0 unspecified atom stereocenters. The van der Waals surface area contributed by atoms with Gasteiger partial charge in [-0.15, -0.1) is 0 Å². The van der Waals surface area contributed by atoms with Crippen molar-refractivity contribution in [2.24, 2.45) is 7.05 Å². The summed E-state index contributed by atoms with van der Waals surface area (Å²) >= 11 is 0. The first-order valence-electron chi connectivity index (χ1n) is 9.46. The molecule has 0 fully saturated rings. The van der Waals surface area contributed by atoms with E-state index >= 15 is 0 Å². The summed E-state index contributed by atoms with van der Waals surface area (Å²) in [6.45, 7) is 1.88. The lowest BCUT2D eigenvalue weighted by Crippen LogP contribution is -2.20. The molecule has 2 heterocycles. The van der Waals surface area contributed by atoms with Crippen LogP contribution in [0.25, 0.3) is 22.2 Å². The van der Waals surface area contributed by atoms with Crippen molar-refractivity contribution in [2.45, 2.75) is 13.1 Å². The van der Waals surface area contributed by atoms with Gasteiger partial charge in [-0.25, -0.2) is 14.2 Å². The van der Waals surface area contributed by atoms with Crippen molar-refractivity contribution >= 4 is 28.4 Å². The molecule has 0 bridgehead atoms. The maximum Gasteiger partial charge on any atom is 0.419 e. The summed E-state index contributed by atoms with van der Waals surface area (Å²) < 4.78 is 53.6. The monoisotopic (exact) mass is 443 g/mol. The standard InChI is InChI=1S/C22H17F4N5O/c1-12-9-16(17-11-27-31(2)20(17)28-12)13-3-5-14(6-4-13)29-21(32)30-15-7-8-19(23)18(10-15)22(24,25)26/h3-11H,1-2H3,(H2,29,30,32). The molecule has 0 atom stereocenters. The number of anilines is 2. The summed E-state index contributed by atoms with van der Waals surface area (Å²) in [6, 6.07) is 10.4. The Morgan fingerprint density at radius 1 is 1.00 bits per heavy atom. The lowest BCUT2D eigenvalue weighted by Gasteiger charge is -2.12. The Balaban J connectivity index is 1.51. The van der Waals surface area contributed by atoms with Crippen molar-refractivity contribution in [1.29, 1.82) is 0 Å². The van der Waals surface area contributed by atoms with Crippen LogP contribution in [0.3, 0.4) is 0 Å². The van der Waals surface area contributed by atoms with Crippen molar-refractivity contribution in [1.82, 2.24) is 14.8 Å². The number of hydrogen-bond donors (Lipinski definition) is 2. The van der Waals surface area contributed by atoms with Gasteiger partial charge in [0.2, 0.25) is 0 Å². The van der Waals surface area contributed by atoms with Gasteiger partial charge in [0.15, 0.2) is 5.65 Å². The predicted molar refractivity (Wildman–Crippen MR) is 113 cm³/mol. The van der Waals surface area contributed by atoms with E-state index in [0.29, 0.717) is 17.8 Å². The molecule has 2 N–H and O–H groups in total. The van der Waals surface area contributed by atoms with Crippen molar-refractivity contribution in [2.75, 3.05) is 10.6 Å². The molecule has 164 valence electrons. The minimum Gasteiger partial charge on any atom is -0.308 e. The number of nitrogens with zero attached hydrogens (tertiary/aromatic N) is 3. The Labute approximate surface area is 179 Å². The first-order chi connectivity index (χ1) is 15.1. The number of benzene rings is 2. The zero-order chi connectivity index (χ0) is 23.0. The summed E-state index contributed by atoms with van der Waals surface area (Å²) in [6.07, 6.45) is -3.13. The molecule has 0 spiro atoms. The van der Waals surface area contributed by atoms with Crippen LogP contribution in [-0.4, -0.2) is 20.8 Å². The number of carbonyl (C=O) groups is 1. The van der Waals surface area contributed by atoms with Gasteiger partial charge in [0.25, 0.3) is 0 Å². The van der Waals surface area contributed by atoms with Gasteiger partial charge < -0.3 is 10.6 Å². The van der Waals surface area contributed by atoms with Gasteiger partial charge in [0.1, 0.15) is 5.82 Å². The molecule has 2 aromatic heterocycles. The molecule has 0 aliphatic heterocycles. The van der Waals surface area contributed by atoms with Crippen LogP contribution < -0.4 is 10.6 Å². The number of amides is 2. The number of hydrogen-bond acceptors (Lipinski definition) is 3. The van der Waals surface area contributed by atoms with E-state index in [0.717, 1.165) is 33.9 Å². The van der Waals surface area contributed by atoms with Crippen LogP contribution in [-0.2, 0) is 13.2 Å². The Kier molecular flexibility index (Phi) is 5.29. The lowest BCUT2D eigenvalue weighted by atomic mass is 10.0. The molecule has 6 nitrogen and oxygen atoms in total. The molecule has 0 saturated heterocycles. The number of aryl methyl sites for hydroxylation is 2. The number of alkyl halides is 3. The number of rotatable bonds is 3. The molecule has 0 saturated carbocycles. The van der Waals surface area contributed by atoms with E-state index in [1.807, 2.05) is 20.0 Å². The van der Waals surface area contributed by atoms with Crippen molar-refractivity contribution < 1.29 is 22.4 Å². The molecule has 4 aromatic rings. The molecule has 4 rings (SSSR count). The fourth-order valence-corrected chi connectivity index (χ4v) is 3.33. The van der Waals surface area contributed by atoms with Gasteiger partial charge in [0, 0.05) is 29.5 Å². The minimum atomic E-state index is -4.86. The highest BCUT2D eigenvalue weighted by Gasteiger charge is 2.34. The average Bonchev–Trinajstić information content (AvgIpc) is 3.09. The number of nitrogens with one attached hydrogen (secondary N) is 2. The third-order valence-electron chi connectivity index (χ3n) is 4.82. The van der Waals surface area contributed by atoms with Crippen LogP contribution in [0.4, 0.5) is 33.7 Å². The first kappa shape index (κ1) is 21.3. The van der Waals surface area contributed by atoms with Gasteiger partial charge in [-0.1, -0.05) is 12.1 Å². The maximum atomic E-state index is 13.4. The molecule has 32 heavy (non-hydrogen) atoms. The highest BCUT2D eigenvalue weighted by Crippen LogP contribution is 2.33. The van der Waals surface area contributed by atoms with Crippen molar-refractivity contribution in [3.63, 3.8) is 0 Å². The minimum absolute atomic E-state index is 0.181. The Bertz CT molecular complexity index is 1310. The van der Waals surface area contributed by atoms with Crippen molar-refractivity contribution in [3.05, 3.63) is 71.8 Å². The van der Waals surface area contributed by atoms with Gasteiger partial charge in [0.05, 0.1) is 11.8 Å². The Morgan fingerprint density at radius 2 is 1.66 bits per heavy atom. The fraction of sp³-hybridized carbons (Fsp3) is 0.136. The number of urea groups is 1. The van der Waals surface area contributed by atoms with Crippen LogP contribution >= 0.6 is 0 Å². The van der Waals surface area contributed by atoms with Crippen LogP contribution in [0.15, 0.2) is 54.7 Å². The first-order valence-corrected chi connectivity index (χ1v) is 9.46. The largest absolute Gasteiger partial charge is 0.419 e. The summed E-state index contributed by atoms with van der Waals surface area (Å²) in [7, 11) is 1.81. The SMILES string of the molecule is Cc1cc(-c2ccc(NC(=O)Nc3ccc(F)c(C(F)(F)F)c3)cc2)c2cnn(C)c2n1. The summed E-state index contributed by atoms with van der Waals surface area (Å²) in [5, 5.41) is 9.94. The molecule has 2 aromatic carbocycles. The molecule has 0 aliphatic rings. The van der Waals surface area contributed by atoms with E-state index in [-0.39, 0.29) is 5.69 Å². The van der Waals surface area contributed by atoms with E-state index in [4.69, 9.17) is 0 Å². The van der Waals surface area contributed by atoms with E-state index < -0.39 is 23.6 Å². The average molecular weight is 443 g/mol. The van der Waals surface area contributed by atoms with Gasteiger partial charge in [-0.2, -0.15) is 18.3 Å². The second kappa shape index (κ2) is 7.95. The second-order valence-electron chi connectivity index (χ2n) is 7.17. The van der Waals surface area contributed by atoms with E-state index in [1.54, 1.807) is 35.1 Å². The highest BCUT2D eigenvalue weighted by molar-refractivity contribution is 6.00. The smallest absolute Gasteiger partial charge is 0.308 e. The number of pyridine rings is 1. The number of fused-ring (bicyclic) bond motifs is 1. The molecular formula is C22H17F4N5O.